The number of carbonyl (C=O) groups excluding carboxylic acids is 1. The molecule has 1 aliphatic rings. The molecule has 0 aromatic carbocycles. The summed E-state index contributed by atoms with van der Waals surface area (Å²) in [6, 6.07) is 0.202. The summed E-state index contributed by atoms with van der Waals surface area (Å²) in [7, 11) is 3.24. The first-order chi connectivity index (χ1) is 8.20. The lowest BCUT2D eigenvalue weighted by atomic mass is 10.3. The van der Waals surface area contributed by atoms with Crippen molar-refractivity contribution in [3.63, 3.8) is 0 Å². The van der Waals surface area contributed by atoms with Gasteiger partial charge in [0.15, 0.2) is 5.16 Å². The number of hydrogen-bond donors (Lipinski definition) is 1. The maximum absolute atomic E-state index is 11.6. The number of ether oxygens (including phenoxy) is 1. The van der Waals surface area contributed by atoms with Gasteiger partial charge in [0, 0.05) is 18.8 Å². The Kier molecular flexibility index (Phi) is 4.01. The van der Waals surface area contributed by atoms with Gasteiger partial charge < -0.3 is 10.1 Å². The van der Waals surface area contributed by atoms with Gasteiger partial charge in [0.05, 0.1) is 7.11 Å². The first-order valence-corrected chi connectivity index (χ1v) is 6.50. The van der Waals surface area contributed by atoms with E-state index in [1.165, 1.54) is 25.2 Å². The Morgan fingerprint density at radius 3 is 3.06 bits per heavy atom. The molecule has 1 aliphatic carbocycles. The van der Waals surface area contributed by atoms with E-state index in [0.29, 0.717) is 11.8 Å². The van der Waals surface area contributed by atoms with Gasteiger partial charge in [0.25, 0.3) is 0 Å². The third-order valence-electron chi connectivity index (χ3n) is 2.55. The number of aryl methyl sites for hydroxylation is 1. The van der Waals surface area contributed by atoms with Gasteiger partial charge in [0.1, 0.15) is 12.4 Å². The van der Waals surface area contributed by atoms with E-state index >= 15 is 0 Å². The van der Waals surface area contributed by atoms with Gasteiger partial charge in [0.2, 0.25) is 0 Å². The molecule has 0 radical (unpaired) electrons. The van der Waals surface area contributed by atoms with Crippen molar-refractivity contribution >= 4 is 17.7 Å². The highest BCUT2D eigenvalue weighted by Crippen LogP contribution is 2.22. The van der Waals surface area contributed by atoms with E-state index in [-0.39, 0.29) is 12.0 Å². The SMILES string of the molecule is COC(=O)C(CSc1ncnn1C)NC1CC1. The molecule has 0 amide bonds. The number of thioether (sulfide) groups is 1. The van der Waals surface area contributed by atoms with Crippen molar-refractivity contribution in [1.29, 1.82) is 0 Å². The van der Waals surface area contributed by atoms with Gasteiger partial charge in [-0.2, -0.15) is 5.10 Å². The third kappa shape index (κ3) is 3.44. The summed E-state index contributed by atoms with van der Waals surface area (Å²) in [5.74, 6) is 0.391. The molecular formula is C10H16N4O2S. The monoisotopic (exact) mass is 256 g/mol. The summed E-state index contributed by atoms with van der Waals surface area (Å²) in [4.78, 5) is 15.7. The molecule has 1 aromatic rings. The van der Waals surface area contributed by atoms with E-state index in [4.69, 9.17) is 4.74 Å². The van der Waals surface area contributed by atoms with Crippen LogP contribution >= 0.6 is 11.8 Å². The molecule has 1 fully saturated rings. The lowest BCUT2D eigenvalue weighted by molar-refractivity contribution is -0.142. The average Bonchev–Trinajstić information content (AvgIpc) is 3.06. The summed E-state index contributed by atoms with van der Waals surface area (Å²) in [6.07, 6.45) is 3.79. The molecule has 1 unspecified atom stereocenters. The molecule has 1 saturated carbocycles. The van der Waals surface area contributed by atoms with Gasteiger partial charge in [-0.25, -0.2) is 9.67 Å². The van der Waals surface area contributed by atoms with E-state index in [9.17, 15) is 4.79 Å². The normalized spacial score (nSPS) is 16.8. The zero-order valence-corrected chi connectivity index (χ0v) is 10.7. The molecule has 0 spiro atoms. The Morgan fingerprint density at radius 2 is 2.53 bits per heavy atom. The van der Waals surface area contributed by atoms with Crippen LogP contribution in [-0.4, -0.2) is 45.7 Å². The number of methoxy groups -OCH3 is 1. The fraction of sp³-hybridized carbons (Fsp3) is 0.700. The smallest absolute Gasteiger partial charge is 0.323 e. The van der Waals surface area contributed by atoms with Crippen molar-refractivity contribution in [1.82, 2.24) is 20.1 Å². The molecule has 1 N–H and O–H groups in total. The number of hydrogen-bond acceptors (Lipinski definition) is 6. The third-order valence-corrected chi connectivity index (χ3v) is 3.68. The highest BCUT2D eigenvalue weighted by Gasteiger charge is 2.29. The summed E-state index contributed by atoms with van der Waals surface area (Å²) in [5, 5.41) is 8.05. The summed E-state index contributed by atoms with van der Waals surface area (Å²) in [6.45, 7) is 0. The predicted molar refractivity (Wildman–Crippen MR) is 63.7 cm³/mol. The Labute approximate surface area is 104 Å². The summed E-state index contributed by atoms with van der Waals surface area (Å²) >= 11 is 1.50. The first-order valence-electron chi connectivity index (χ1n) is 5.51. The van der Waals surface area contributed by atoms with Crippen LogP contribution in [0.15, 0.2) is 11.5 Å². The minimum Gasteiger partial charge on any atom is -0.468 e. The van der Waals surface area contributed by atoms with Crippen LogP contribution in [0.1, 0.15) is 12.8 Å². The fourth-order valence-corrected chi connectivity index (χ4v) is 2.34. The van der Waals surface area contributed by atoms with Gasteiger partial charge in [-0.05, 0) is 12.8 Å². The Hall–Kier alpha value is -1.08. The molecule has 94 valence electrons. The second-order valence-electron chi connectivity index (χ2n) is 3.99. The average molecular weight is 256 g/mol. The Balaban J connectivity index is 1.88. The van der Waals surface area contributed by atoms with E-state index < -0.39 is 0 Å². The molecule has 7 heteroatoms. The predicted octanol–water partition coefficient (Wildman–Crippen LogP) is 0.201. The molecule has 1 heterocycles. The Morgan fingerprint density at radius 1 is 1.76 bits per heavy atom. The summed E-state index contributed by atoms with van der Waals surface area (Å²) < 4.78 is 6.47. The van der Waals surface area contributed by atoms with Gasteiger partial charge in [-0.15, -0.1) is 0 Å². The first kappa shape index (κ1) is 12.4. The molecule has 1 atom stereocenters. The van der Waals surface area contributed by atoms with E-state index in [0.717, 1.165) is 18.0 Å². The van der Waals surface area contributed by atoms with E-state index in [1.807, 2.05) is 7.05 Å². The van der Waals surface area contributed by atoms with Crippen molar-refractivity contribution in [2.45, 2.75) is 30.1 Å². The van der Waals surface area contributed by atoms with Gasteiger partial charge in [-0.3, -0.25) is 4.79 Å². The standard InChI is InChI=1S/C10H16N4O2S/c1-14-10(11-6-12-14)17-5-8(9(15)16-2)13-7-3-4-7/h6-8,13H,3-5H2,1-2H3. The number of esters is 1. The zero-order chi connectivity index (χ0) is 12.3. The molecular weight excluding hydrogens is 240 g/mol. The fourth-order valence-electron chi connectivity index (χ4n) is 1.44. The minimum absolute atomic E-state index is 0.216. The van der Waals surface area contributed by atoms with Gasteiger partial charge >= 0.3 is 5.97 Å². The van der Waals surface area contributed by atoms with Crippen LogP contribution in [0.2, 0.25) is 0 Å². The lowest BCUT2D eigenvalue weighted by Gasteiger charge is -2.15. The van der Waals surface area contributed by atoms with Crippen LogP contribution in [-0.2, 0) is 16.6 Å². The highest BCUT2D eigenvalue weighted by molar-refractivity contribution is 7.99. The number of nitrogens with one attached hydrogen (secondary N) is 1. The van der Waals surface area contributed by atoms with Crippen molar-refractivity contribution in [2.24, 2.45) is 7.05 Å². The second-order valence-corrected chi connectivity index (χ2v) is 4.98. The number of nitrogens with zero attached hydrogens (tertiary/aromatic N) is 3. The molecule has 0 bridgehead atoms. The second kappa shape index (κ2) is 5.50. The van der Waals surface area contributed by atoms with Crippen LogP contribution < -0.4 is 5.32 Å². The van der Waals surface area contributed by atoms with E-state index in [1.54, 1.807) is 4.68 Å². The quantitative estimate of drug-likeness (QED) is 0.579. The number of aromatic nitrogens is 3. The summed E-state index contributed by atoms with van der Waals surface area (Å²) in [5.41, 5.74) is 0. The maximum Gasteiger partial charge on any atom is 0.323 e. The van der Waals surface area contributed by atoms with Crippen molar-refractivity contribution in [3.8, 4) is 0 Å². The lowest BCUT2D eigenvalue weighted by Crippen LogP contribution is -2.41. The molecule has 2 rings (SSSR count). The number of rotatable bonds is 6. The number of carbonyl (C=O) groups is 1. The van der Waals surface area contributed by atoms with Crippen LogP contribution in [0.3, 0.4) is 0 Å². The van der Waals surface area contributed by atoms with E-state index in [2.05, 4.69) is 15.4 Å². The molecule has 0 saturated heterocycles. The maximum atomic E-state index is 11.6. The molecule has 17 heavy (non-hydrogen) atoms. The topological polar surface area (TPSA) is 69.0 Å². The van der Waals surface area contributed by atoms with Crippen LogP contribution in [0.4, 0.5) is 0 Å². The van der Waals surface area contributed by atoms with Crippen LogP contribution in [0.5, 0.6) is 0 Å². The minimum atomic E-state index is -0.269. The largest absolute Gasteiger partial charge is 0.468 e. The molecule has 6 nitrogen and oxygen atoms in total. The van der Waals surface area contributed by atoms with Crippen molar-refractivity contribution < 1.29 is 9.53 Å². The van der Waals surface area contributed by atoms with Crippen molar-refractivity contribution in [2.75, 3.05) is 12.9 Å². The molecule has 0 aliphatic heterocycles. The van der Waals surface area contributed by atoms with Gasteiger partial charge in [-0.1, -0.05) is 11.8 Å². The van der Waals surface area contributed by atoms with Crippen LogP contribution in [0, 0.1) is 0 Å². The van der Waals surface area contributed by atoms with Crippen LogP contribution in [0.25, 0.3) is 0 Å². The zero-order valence-electron chi connectivity index (χ0n) is 9.92. The van der Waals surface area contributed by atoms with Crippen molar-refractivity contribution in [3.05, 3.63) is 6.33 Å². The molecule has 1 aromatic heterocycles. The Bertz CT molecular complexity index is 391. The highest BCUT2D eigenvalue weighted by atomic mass is 32.2.